The largest absolute Gasteiger partial charge is 0.356 e. The quantitative estimate of drug-likeness (QED) is 0.758. The number of likely N-dealkylation sites (tertiary alicyclic amines) is 1. The molecular weight excluding hydrogens is 248 g/mol. The SMILES string of the molecule is O=C(CC1CC2CCC1C2)NCCCN1CCCCC1. The van der Waals surface area contributed by atoms with Gasteiger partial charge in [-0.3, -0.25) is 4.79 Å². The lowest BCUT2D eigenvalue weighted by Crippen LogP contribution is -2.34. The van der Waals surface area contributed by atoms with E-state index in [4.69, 9.17) is 0 Å². The van der Waals surface area contributed by atoms with E-state index in [9.17, 15) is 4.79 Å². The molecule has 3 heteroatoms. The molecular formula is C17H30N2O. The van der Waals surface area contributed by atoms with Crippen LogP contribution in [0.5, 0.6) is 0 Å². The highest BCUT2D eigenvalue weighted by Gasteiger charge is 2.39. The lowest BCUT2D eigenvalue weighted by molar-refractivity contribution is -0.122. The summed E-state index contributed by atoms with van der Waals surface area (Å²) in [6.07, 6.45) is 11.6. The Labute approximate surface area is 123 Å². The fourth-order valence-electron chi connectivity index (χ4n) is 4.65. The van der Waals surface area contributed by atoms with Crippen molar-refractivity contribution < 1.29 is 4.79 Å². The fraction of sp³-hybridized carbons (Fsp3) is 0.941. The highest BCUT2D eigenvalue weighted by molar-refractivity contribution is 5.76. The molecule has 1 N–H and O–H groups in total. The number of hydrogen-bond acceptors (Lipinski definition) is 2. The smallest absolute Gasteiger partial charge is 0.220 e. The van der Waals surface area contributed by atoms with Gasteiger partial charge in [0.05, 0.1) is 0 Å². The summed E-state index contributed by atoms with van der Waals surface area (Å²) in [5, 5.41) is 3.14. The van der Waals surface area contributed by atoms with Gasteiger partial charge in [-0.2, -0.15) is 0 Å². The van der Waals surface area contributed by atoms with Gasteiger partial charge >= 0.3 is 0 Å². The second-order valence-corrected chi connectivity index (χ2v) is 7.24. The molecule has 0 radical (unpaired) electrons. The van der Waals surface area contributed by atoms with Gasteiger partial charge in [0.1, 0.15) is 0 Å². The van der Waals surface area contributed by atoms with E-state index in [1.807, 2.05) is 0 Å². The Morgan fingerprint density at radius 2 is 1.95 bits per heavy atom. The number of fused-ring (bicyclic) bond motifs is 2. The normalized spacial score (nSPS) is 33.5. The number of carbonyl (C=O) groups excluding carboxylic acids is 1. The van der Waals surface area contributed by atoms with E-state index in [0.29, 0.717) is 11.8 Å². The van der Waals surface area contributed by atoms with Gasteiger partial charge in [0, 0.05) is 13.0 Å². The first-order valence-corrected chi connectivity index (χ1v) is 8.80. The Balaban J connectivity index is 1.26. The first-order chi connectivity index (χ1) is 9.81. The van der Waals surface area contributed by atoms with Gasteiger partial charge in [0.2, 0.25) is 5.91 Å². The third-order valence-corrected chi connectivity index (χ3v) is 5.75. The molecule has 0 aromatic heterocycles. The van der Waals surface area contributed by atoms with E-state index in [0.717, 1.165) is 37.8 Å². The van der Waals surface area contributed by atoms with Gasteiger partial charge in [-0.15, -0.1) is 0 Å². The molecule has 0 aromatic rings. The number of hydrogen-bond donors (Lipinski definition) is 1. The molecule has 1 aliphatic heterocycles. The number of nitrogens with one attached hydrogen (secondary N) is 1. The minimum absolute atomic E-state index is 0.307. The van der Waals surface area contributed by atoms with Crippen LogP contribution in [0.1, 0.15) is 57.8 Å². The van der Waals surface area contributed by atoms with Crippen molar-refractivity contribution >= 4 is 5.91 Å². The number of carbonyl (C=O) groups is 1. The molecule has 3 atom stereocenters. The van der Waals surface area contributed by atoms with Crippen LogP contribution in [-0.4, -0.2) is 37.0 Å². The summed E-state index contributed by atoms with van der Waals surface area (Å²) in [7, 11) is 0. The maximum absolute atomic E-state index is 12.0. The van der Waals surface area contributed by atoms with Crippen LogP contribution in [0.3, 0.4) is 0 Å². The Kier molecular flexibility index (Phi) is 4.98. The molecule has 2 bridgehead atoms. The van der Waals surface area contributed by atoms with Crippen LogP contribution in [0.4, 0.5) is 0 Å². The van der Waals surface area contributed by atoms with E-state index in [2.05, 4.69) is 10.2 Å². The van der Waals surface area contributed by atoms with Crippen molar-refractivity contribution in [3.05, 3.63) is 0 Å². The van der Waals surface area contributed by atoms with Gasteiger partial charge in [0.15, 0.2) is 0 Å². The summed E-state index contributed by atoms with van der Waals surface area (Å²) < 4.78 is 0. The third-order valence-electron chi connectivity index (χ3n) is 5.75. The van der Waals surface area contributed by atoms with Gasteiger partial charge < -0.3 is 10.2 Å². The monoisotopic (exact) mass is 278 g/mol. The van der Waals surface area contributed by atoms with E-state index < -0.39 is 0 Å². The van der Waals surface area contributed by atoms with E-state index in [1.165, 1.54) is 58.0 Å². The molecule has 0 spiro atoms. The van der Waals surface area contributed by atoms with Gasteiger partial charge in [-0.1, -0.05) is 12.8 Å². The summed E-state index contributed by atoms with van der Waals surface area (Å²) in [5.41, 5.74) is 0. The molecule has 1 amide bonds. The molecule has 1 heterocycles. The van der Waals surface area contributed by atoms with Crippen molar-refractivity contribution in [2.24, 2.45) is 17.8 Å². The molecule has 20 heavy (non-hydrogen) atoms. The average Bonchev–Trinajstić information content (AvgIpc) is 3.07. The first kappa shape index (κ1) is 14.4. The minimum atomic E-state index is 0.307. The Hall–Kier alpha value is -0.570. The van der Waals surface area contributed by atoms with Crippen LogP contribution in [0.2, 0.25) is 0 Å². The molecule has 2 aliphatic carbocycles. The van der Waals surface area contributed by atoms with Crippen LogP contribution >= 0.6 is 0 Å². The molecule has 3 nitrogen and oxygen atoms in total. The predicted octanol–water partition coefficient (Wildman–Crippen LogP) is 2.80. The molecule has 3 fully saturated rings. The number of nitrogens with zero attached hydrogens (tertiary/aromatic N) is 1. The summed E-state index contributed by atoms with van der Waals surface area (Å²) in [6, 6.07) is 0. The second kappa shape index (κ2) is 6.93. The molecule has 0 aromatic carbocycles. The van der Waals surface area contributed by atoms with Crippen molar-refractivity contribution in [1.29, 1.82) is 0 Å². The zero-order chi connectivity index (χ0) is 13.8. The maximum atomic E-state index is 12.0. The van der Waals surface area contributed by atoms with Crippen LogP contribution in [0, 0.1) is 17.8 Å². The molecule has 3 rings (SSSR count). The van der Waals surface area contributed by atoms with Crippen molar-refractivity contribution in [2.45, 2.75) is 57.8 Å². The Morgan fingerprint density at radius 3 is 2.65 bits per heavy atom. The zero-order valence-corrected chi connectivity index (χ0v) is 12.8. The van der Waals surface area contributed by atoms with E-state index in [-0.39, 0.29) is 0 Å². The highest BCUT2D eigenvalue weighted by atomic mass is 16.1. The minimum Gasteiger partial charge on any atom is -0.356 e. The lowest BCUT2D eigenvalue weighted by Gasteiger charge is -2.26. The van der Waals surface area contributed by atoms with Gasteiger partial charge in [-0.25, -0.2) is 0 Å². The molecule has 1 saturated heterocycles. The summed E-state index contributed by atoms with van der Waals surface area (Å²) >= 11 is 0. The maximum Gasteiger partial charge on any atom is 0.220 e. The fourth-order valence-corrected chi connectivity index (χ4v) is 4.65. The van der Waals surface area contributed by atoms with Crippen LogP contribution in [-0.2, 0) is 4.79 Å². The van der Waals surface area contributed by atoms with Gasteiger partial charge in [-0.05, 0) is 75.9 Å². The third kappa shape index (κ3) is 3.75. The average molecular weight is 278 g/mol. The van der Waals surface area contributed by atoms with E-state index >= 15 is 0 Å². The first-order valence-electron chi connectivity index (χ1n) is 8.80. The second-order valence-electron chi connectivity index (χ2n) is 7.24. The Morgan fingerprint density at radius 1 is 1.10 bits per heavy atom. The predicted molar refractivity (Wildman–Crippen MR) is 81.5 cm³/mol. The van der Waals surface area contributed by atoms with Crippen LogP contribution in [0.15, 0.2) is 0 Å². The number of rotatable bonds is 6. The van der Waals surface area contributed by atoms with Crippen LogP contribution in [0.25, 0.3) is 0 Å². The molecule has 2 saturated carbocycles. The van der Waals surface area contributed by atoms with Crippen molar-refractivity contribution in [1.82, 2.24) is 10.2 Å². The van der Waals surface area contributed by atoms with Gasteiger partial charge in [0.25, 0.3) is 0 Å². The standard InChI is InChI=1S/C17H30N2O/c20-17(13-16-12-14-5-6-15(16)11-14)18-7-4-10-19-8-2-1-3-9-19/h14-16H,1-13H2,(H,18,20). The summed E-state index contributed by atoms with van der Waals surface area (Å²) in [4.78, 5) is 14.5. The van der Waals surface area contributed by atoms with Crippen molar-refractivity contribution in [2.75, 3.05) is 26.2 Å². The Bertz CT molecular complexity index is 325. The molecule has 3 unspecified atom stereocenters. The summed E-state index contributed by atoms with van der Waals surface area (Å²) in [5.74, 6) is 2.84. The topological polar surface area (TPSA) is 32.3 Å². The van der Waals surface area contributed by atoms with E-state index in [1.54, 1.807) is 0 Å². The number of amides is 1. The lowest BCUT2D eigenvalue weighted by atomic mass is 9.86. The molecule has 3 aliphatic rings. The molecule has 114 valence electrons. The summed E-state index contributed by atoms with van der Waals surface area (Å²) in [6.45, 7) is 4.56. The highest BCUT2D eigenvalue weighted by Crippen LogP contribution is 2.49. The van der Waals surface area contributed by atoms with Crippen molar-refractivity contribution in [3.63, 3.8) is 0 Å². The van der Waals surface area contributed by atoms with Crippen LogP contribution < -0.4 is 5.32 Å². The zero-order valence-electron chi connectivity index (χ0n) is 12.8. The number of piperidine rings is 1. The van der Waals surface area contributed by atoms with Crippen molar-refractivity contribution in [3.8, 4) is 0 Å².